The van der Waals surface area contributed by atoms with Crippen LogP contribution in [-0.2, 0) is 4.79 Å². The summed E-state index contributed by atoms with van der Waals surface area (Å²) in [5.41, 5.74) is 5.61. The van der Waals surface area contributed by atoms with Crippen LogP contribution in [0.3, 0.4) is 0 Å². The Balaban J connectivity index is 0. The monoisotopic (exact) mass is 330 g/mol. The predicted molar refractivity (Wildman–Crippen MR) is 83.4 cm³/mol. The highest BCUT2D eigenvalue weighted by Gasteiger charge is 2.35. The van der Waals surface area contributed by atoms with Crippen LogP contribution >= 0.6 is 24.8 Å². The summed E-state index contributed by atoms with van der Waals surface area (Å²) < 4.78 is 0. The smallest absolute Gasteiger partial charge is 0.452 e. The molecule has 0 aromatic carbocycles. The van der Waals surface area contributed by atoms with Gasteiger partial charge >= 0.3 is 13.1 Å². The first-order valence-corrected chi connectivity index (χ1v) is 6.45. The van der Waals surface area contributed by atoms with E-state index in [0.717, 1.165) is 12.8 Å². The summed E-state index contributed by atoms with van der Waals surface area (Å²) >= 11 is 0. The van der Waals surface area contributed by atoms with Crippen molar-refractivity contribution < 1.29 is 19.9 Å². The van der Waals surface area contributed by atoms with E-state index in [1.807, 2.05) is 11.9 Å². The number of nitrogens with zero attached hydrogens (tertiary/aromatic N) is 1. The molecule has 0 saturated heterocycles. The maximum absolute atomic E-state index is 11.2. The summed E-state index contributed by atoms with van der Waals surface area (Å²) in [5, 5.41) is 26.9. The lowest BCUT2D eigenvalue weighted by atomic mass is 9.76. The zero-order valence-electron chi connectivity index (χ0n) is 11.6. The molecule has 3 atom stereocenters. The van der Waals surface area contributed by atoms with E-state index in [-0.39, 0.29) is 49.0 Å². The Morgan fingerprint density at radius 2 is 1.95 bits per heavy atom. The molecule has 1 saturated carbocycles. The molecule has 1 aliphatic rings. The quantitative estimate of drug-likeness (QED) is 0.513. The van der Waals surface area contributed by atoms with Gasteiger partial charge in [-0.05, 0) is 51.6 Å². The number of nitrogens with two attached hydrogens (primary N) is 1. The topological polar surface area (TPSA) is 107 Å². The van der Waals surface area contributed by atoms with Gasteiger partial charge in [-0.25, -0.2) is 0 Å². The fourth-order valence-corrected chi connectivity index (χ4v) is 2.70. The molecule has 0 spiro atoms. The maximum atomic E-state index is 11.2. The predicted octanol–water partition coefficient (Wildman–Crippen LogP) is 0.0628. The van der Waals surface area contributed by atoms with Crippen LogP contribution in [0.5, 0.6) is 0 Å². The molecule has 0 bridgehead atoms. The fraction of sp³-hybridized carbons (Fsp3) is 0.909. The van der Waals surface area contributed by atoms with Crippen LogP contribution in [0.4, 0.5) is 0 Å². The molecule has 0 amide bonds. The Morgan fingerprint density at radius 3 is 2.40 bits per heavy atom. The first-order valence-electron chi connectivity index (χ1n) is 6.45. The molecule has 6 nitrogen and oxygen atoms in total. The highest BCUT2D eigenvalue weighted by molar-refractivity contribution is 6.41. The van der Waals surface area contributed by atoms with Crippen molar-refractivity contribution in [3.8, 4) is 0 Å². The van der Waals surface area contributed by atoms with Crippen LogP contribution in [0.2, 0.25) is 6.32 Å². The molecule has 0 aromatic rings. The number of carboxylic acid groups (broad SMARTS) is 1. The van der Waals surface area contributed by atoms with E-state index in [9.17, 15) is 9.90 Å². The standard InChI is InChI=1S/C11H23BN2O4.2ClH/c1-14(5-4-12(17)18)9-3-2-8(7-13)10(6-9)11(15)16;;/h8-10,17-18H,2-7,13H2,1H3,(H,15,16);2*1H/t8?,9-,10?;;/m1../s1. The number of carboxylic acids is 1. The van der Waals surface area contributed by atoms with Gasteiger partial charge in [0, 0.05) is 6.04 Å². The molecule has 1 fully saturated rings. The summed E-state index contributed by atoms with van der Waals surface area (Å²) in [5.74, 6) is -1.09. The number of carbonyl (C=O) groups is 1. The van der Waals surface area contributed by atoms with Gasteiger partial charge in [-0.2, -0.15) is 0 Å². The molecule has 9 heteroatoms. The van der Waals surface area contributed by atoms with Gasteiger partial charge in [0.1, 0.15) is 0 Å². The maximum Gasteiger partial charge on any atom is 0.452 e. The van der Waals surface area contributed by atoms with E-state index in [1.165, 1.54) is 0 Å². The van der Waals surface area contributed by atoms with Gasteiger partial charge in [-0.15, -0.1) is 24.8 Å². The van der Waals surface area contributed by atoms with Crippen molar-refractivity contribution in [2.45, 2.75) is 31.6 Å². The zero-order chi connectivity index (χ0) is 13.7. The van der Waals surface area contributed by atoms with Crippen LogP contribution in [0.25, 0.3) is 0 Å². The fourth-order valence-electron chi connectivity index (χ4n) is 2.70. The van der Waals surface area contributed by atoms with Crippen LogP contribution in [0.15, 0.2) is 0 Å². The van der Waals surface area contributed by atoms with Crippen molar-refractivity contribution in [2.24, 2.45) is 17.6 Å². The largest absolute Gasteiger partial charge is 0.481 e. The second kappa shape index (κ2) is 10.6. The molecule has 1 rings (SSSR count). The summed E-state index contributed by atoms with van der Waals surface area (Å²) in [6.45, 7) is 0.977. The van der Waals surface area contributed by atoms with Gasteiger partial charge < -0.3 is 25.8 Å². The third-order valence-corrected chi connectivity index (χ3v) is 3.95. The lowest BCUT2D eigenvalue weighted by molar-refractivity contribution is -0.145. The molecule has 2 unspecified atom stereocenters. The summed E-state index contributed by atoms with van der Waals surface area (Å²) in [7, 11) is 0.595. The van der Waals surface area contributed by atoms with Gasteiger partial charge in [0.25, 0.3) is 0 Å². The van der Waals surface area contributed by atoms with Crippen molar-refractivity contribution in [1.29, 1.82) is 0 Å². The Bertz CT molecular complexity index is 287. The average molecular weight is 331 g/mol. The Hall–Kier alpha value is -0.0451. The van der Waals surface area contributed by atoms with Crippen LogP contribution in [-0.4, -0.2) is 59.3 Å². The van der Waals surface area contributed by atoms with Gasteiger partial charge in [0.15, 0.2) is 0 Å². The highest BCUT2D eigenvalue weighted by Crippen LogP contribution is 2.32. The molecule has 0 heterocycles. The normalized spacial score (nSPS) is 25.6. The van der Waals surface area contributed by atoms with Gasteiger partial charge in [0.05, 0.1) is 5.92 Å². The third-order valence-electron chi connectivity index (χ3n) is 3.95. The summed E-state index contributed by atoms with van der Waals surface area (Å²) in [4.78, 5) is 13.2. The second-order valence-electron chi connectivity index (χ2n) is 5.16. The first-order chi connectivity index (χ1) is 8.45. The lowest BCUT2D eigenvalue weighted by Gasteiger charge is -2.38. The van der Waals surface area contributed by atoms with Crippen LogP contribution in [0.1, 0.15) is 19.3 Å². The van der Waals surface area contributed by atoms with E-state index in [1.54, 1.807) is 0 Å². The zero-order valence-corrected chi connectivity index (χ0v) is 13.3. The Labute approximate surface area is 132 Å². The molecule has 5 N–H and O–H groups in total. The van der Waals surface area contributed by atoms with Crippen molar-refractivity contribution in [3.05, 3.63) is 0 Å². The van der Waals surface area contributed by atoms with Crippen LogP contribution in [0, 0.1) is 11.8 Å². The van der Waals surface area contributed by atoms with Crippen molar-refractivity contribution >= 4 is 37.9 Å². The number of hydrogen-bond acceptors (Lipinski definition) is 5. The third kappa shape index (κ3) is 6.60. The first kappa shape index (κ1) is 22.2. The lowest BCUT2D eigenvalue weighted by Crippen LogP contribution is -2.44. The van der Waals surface area contributed by atoms with E-state index < -0.39 is 13.1 Å². The molecule has 0 aliphatic heterocycles. The molecule has 20 heavy (non-hydrogen) atoms. The van der Waals surface area contributed by atoms with Crippen molar-refractivity contribution in [3.63, 3.8) is 0 Å². The minimum absolute atomic E-state index is 0. The van der Waals surface area contributed by atoms with E-state index in [4.69, 9.17) is 15.8 Å². The second-order valence-corrected chi connectivity index (χ2v) is 5.16. The molecule has 120 valence electrons. The summed E-state index contributed by atoms with van der Waals surface area (Å²) in [6.07, 6.45) is 2.62. The number of aliphatic carboxylic acids is 1. The van der Waals surface area contributed by atoms with E-state index in [0.29, 0.717) is 19.5 Å². The number of rotatable bonds is 6. The SMILES string of the molecule is CN(CCB(O)O)[C@@H]1CCC(CN)C(C(=O)O)C1.Cl.Cl. The van der Waals surface area contributed by atoms with Crippen LogP contribution < -0.4 is 5.73 Å². The molecule has 0 radical (unpaired) electrons. The van der Waals surface area contributed by atoms with Crippen molar-refractivity contribution in [1.82, 2.24) is 4.90 Å². The minimum atomic E-state index is -1.30. The summed E-state index contributed by atoms with van der Waals surface area (Å²) in [6, 6.07) is 0.188. The van der Waals surface area contributed by atoms with E-state index >= 15 is 0 Å². The molecule has 1 aliphatic carbocycles. The van der Waals surface area contributed by atoms with E-state index in [2.05, 4.69) is 0 Å². The minimum Gasteiger partial charge on any atom is -0.481 e. The average Bonchev–Trinajstić information content (AvgIpc) is 2.34. The molecular weight excluding hydrogens is 306 g/mol. The van der Waals surface area contributed by atoms with Gasteiger partial charge in [-0.3, -0.25) is 4.79 Å². The molecular formula is C11H25BCl2N2O4. The number of halogens is 2. The number of hydrogen-bond donors (Lipinski definition) is 4. The van der Waals surface area contributed by atoms with Gasteiger partial charge in [0.2, 0.25) is 0 Å². The highest BCUT2D eigenvalue weighted by atomic mass is 35.5. The van der Waals surface area contributed by atoms with Gasteiger partial charge in [-0.1, -0.05) is 0 Å². The van der Waals surface area contributed by atoms with Crippen molar-refractivity contribution in [2.75, 3.05) is 20.1 Å². The Morgan fingerprint density at radius 1 is 1.35 bits per heavy atom. The Kier molecular flexibility index (Phi) is 11.8. The molecule has 0 aromatic heterocycles.